The van der Waals surface area contributed by atoms with E-state index in [2.05, 4.69) is 32.3 Å². The lowest BCUT2D eigenvalue weighted by Crippen LogP contribution is -2.36. The van der Waals surface area contributed by atoms with E-state index >= 15 is 0 Å². The maximum atomic E-state index is 12.5. The number of carbonyl (C=O) groups excluding carboxylic acids is 2. The molecule has 3 N–H and O–H groups in total. The first-order chi connectivity index (χ1) is 14.2. The van der Waals surface area contributed by atoms with Gasteiger partial charge in [0.2, 0.25) is 5.91 Å². The number of hydrogen-bond acceptors (Lipinski definition) is 4. The molecule has 1 aliphatic rings. The van der Waals surface area contributed by atoms with Gasteiger partial charge in [-0.25, -0.2) is 4.79 Å². The molecule has 1 aliphatic heterocycles. The van der Waals surface area contributed by atoms with E-state index in [1.807, 2.05) is 36.4 Å². The van der Waals surface area contributed by atoms with Crippen LogP contribution in [0.15, 0.2) is 66.0 Å². The van der Waals surface area contributed by atoms with Crippen LogP contribution in [0.3, 0.4) is 0 Å². The molecule has 0 fully saturated rings. The van der Waals surface area contributed by atoms with E-state index in [0.717, 1.165) is 19.5 Å². The second-order valence-electron chi connectivity index (χ2n) is 6.90. The van der Waals surface area contributed by atoms with Crippen LogP contribution in [0, 0.1) is 0 Å². The lowest BCUT2D eigenvalue weighted by Gasteiger charge is -2.26. The van der Waals surface area contributed by atoms with Crippen molar-refractivity contribution in [1.82, 2.24) is 4.90 Å². The molecule has 0 aliphatic carbocycles. The second-order valence-corrected chi connectivity index (χ2v) is 7.90. The van der Waals surface area contributed by atoms with Crippen LogP contribution >= 0.6 is 11.3 Å². The maximum Gasteiger partial charge on any atom is 0.323 e. The van der Waals surface area contributed by atoms with E-state index in [9.17, 15) is 9.59 Å². The van der Waals surface area contributed by atoms with E-state index in [-0.39, 0.29) is 11.9 Å². The van der Waals surface area contributed by atoms with Crippen LogP contribution in [-0.4, -0.2) is 29.9 Å². The molecular weight excluding hydrogens is 384 g/mol. The fourth-order valence-electron chi connectivity index (χ4n) is 3.34. The van der Waals surface area contributed by atoms with Crippen LogP contribution in [0.25, 0.3) is 0 Å². The highest BCUT2D eigenvalue weighted by molar-refractivity contribution is 7.10. The van der Waals surface area contributed by atoms with Gasteiger partial charge in [0.25, 0.3) is 0 Å². The van der Waals surface area contributed by atoms with Crippen LogP contribution in [0.1, 0.15) is 10.4 Å². The summed E-state index contributed by atoms with van der Waals surface area (Å²) in [6.45, 7) is 2.05. The largest absolute Gasteiger partial charge is 0.325 e. The van der Waals surface area contributed by atoms with Crippen LogP contribution in [0.5, 0.6) is 0 Å². The number of carbonyl (C=O) groups is 2. The van der Waals surface area contributed by atoms with E-state index in [1.54, 1.807) is 29.5 Å². The molecule has 2 aromatic carbocycles. The number of fused-ring (bicyclic) bond motifs is 1. The van der Waals surface area contributed by atoms with Crippen LogP contribution in [0.4, 0.5) is 21.9 Å². The number of para-hydroxylation sites is 1. The number of thiophene rings is 1. The quantitative estimate of drug-likeness (QED) is 0.588. The lowest BCUT2D eigenvalue weighted by atomic mass is 10.1. The standard InChI is InChI=1S/C22H22N4O2S/c27-21(15-26-11-9-20-16(14-26)10-12-29-20)23-18-7-4-8-19(13-18)25-22(28)24-17-5-2-1-3-6-17/h1-8,10,12-13H,9,11,14-15H2,(H,23,27)(H2,24,25,28). The topological polar surface area (TPSA) is 73.5 Å². The summed E-state index contributed by atoms with van der Waals surface area (Å²) in [6, 6.07) is 18.2. The van der Waals surface area contributed by atoms with Gasteiger partial charge in [-0.05, 0) is 53.8 Å². The summed E-state index contributed by atoms with van der Waals surface area (Å²) in [5.74, 6) is -0.0606. The molecule has 148 valence electrons. The van der Waals surface area contributed by atoms with Crippen LogP contribution in [0.2, 0.25) is 0 Å². The Hall–Kier alpha value is -3.16. The summed E-state index contributed by atoms with van der Waals surface area (Å²) in [7, 11) is 0. The Balaban J connectivity index is 1.30. The highest BCUT2D eigenvalue weighted by Gasteiger charge is 2.19. The molecule has 0 radical (unpaired) electrons. The van der Waals surface area contributed by atoms with Crippen molar-refractivity contribution in [3.05, 3.63) is 76.5 Å². The molecule has 6 nitrogen and oxygen atoms in total. The Kier molecular flexibility index (Phi) is 5.88. The molecule has 2 heterocycles. The lowest BCUT2D eigenvalue weighted by molar-refractivity contribution is -0.117. The van der Waals surface area contributed by atoms with E-state index in [4.69, 9.17) is 0 Å². The number of anilines is 3. The third-order valence-corrected chi connectivity index (χ3v) is 5.71. The van der Waals surface area contributed by atoms with Crippen molar-refractivity contribution in [3.8, 4) is 0 Å². The molecule has 3 amide bonds. The van der Waals surface area contributed by atoms with Crippen molar-refractivity contribution in [3.63, 3.8) is 0 Å². The Morgan fingerprint density at radius 3 is 2.45 bits per heavy atom. The third-order valence-electron chi connectivity index (χ3n) is 4.69. The Morgan fingerprint density at radius 2 is 1.62 bits per heavy atom. The molecule has 3 aromatic rings. The summed E-state index contributed by atoms with van der Waals surface area (Å²) < 4.78 is 0. The Morgan fingerprint density at radius 1 is 0.897 bits per heavy atom. The van der Waals surface area contributed by atoms with Crippen molar-refractivity contribution in [1.29, 1.82) is 0 Å². The maximum absolute atomic E-state index is 12.5. The summed E-state index contributed by atoms with van der Waals surface area (Å²) >= 11 is 1.79. The predicted octanol–water partition coefficient (Wildman–Crippen LogP) is 4.39. The van der Waals surface area contributed by atoms with Gasteiger partial charge in [0.05, 0.1) is 6.54 Å². The zero-order valence-electron chi connectivity index (χ0n) is 15.9. The van der Waals surface area contributed by atoms with Crippen LogP contribution in [-0.2, 0) is 17.8 Å². The summed E-state index contributed by atoms with van der Waals surface area (Å²) in [5, 5.41) is 10.6. The minimum Gasteiger partial charge on any atom is -0.325 e. The minimum absolute atomic E-state index is 0.0606. The smallest absolute Gasteiger partial charge is 0.323 e. The second kappa shape index (κ2) is 8.89. The molecule has 0 spiro atoms. The van der Waals surface area contributed by atoms with Gasteiger partial charge in [0, 0.05) is 35.0 Å². The molecule has 1 aromatic heterocycles. The normalized spacial score (nSPS) is 13.4. The number of rotatable bonds is 5. The van der Waals surface area contributed by atoms with E-state index in [0.29, 0.717) is 23.6 Å². The zero-order valence-corrected chi connectivity index (χ0v) is 16.7. The number of amides is 3. The molecule has 0 saturated heterocycles. The number of benzene rings is 2. The highest BCUT2D eigenvalue weighted by atomic mass is 32.1. The van der Waals surface area contributed by atoms with Gasteiger partial charge in [0.15, 0.2) is 0 Å². The zero-order chi connectivity index (χ0) is 20.1. The van der Waals surface area contributed by atoms with Crippen molar-refractivity contribution in [2.75, 3.05) is 29.0 Å². The van der Waals surface area contributed by atoms with Gasteiger partial charge >= 0.3 is 6.03 Å². The first-order valence-electron chi connectivity index (χ1n) is 9.46. The molecule has 29 heavy (non-hydrogen) atoms. The molecular formula is C22H22N4O2S. The van der Waals surface area contributed by atoms with Gasteiger partial charge in [-0.3, -0.25) is 9.69 Å². The molecule has 7 heteroatoms. The highest BCUT2D eigenvalue weighted by Crippen LogP contribution is 2.24. The number of nitrogens with zero attached hydrogens (tertiary/aromatic N) is 1. The summed E-state index contributed by atoms with van der Waals surface area (Å²) in [4.78, 5) is 28.2. The first-order valence-corrected chi connectivity index (χ1v) is 10.3. The fraction of sp³-hybridized carbons (Fsp3) is 0.182. The number of nitrogens with one attached hydrogen (secondary N) is 3. The SMILES string of the molecule is O=C(CN1CCc2sccc2C1)Nc1cccc(NC(=O)Nc2ccccc2)c1. The van der Waals surface area contributed by atoms with Gasteiger partial charge in [-0.15, -0.1) is 11.3 Å². The molecule has 0 saturated carbocycles. The van der Waals surface area contributed by atoms with Gasteiger partial charge in [-0.1, -0.05) is 24.3 Å². The van der Waals surface area contributed by atoms with Gasteiger partial charge < -0.3 is 16.0 Å². The summed E-state index contributed by atoms with van der Waals surface area (Å²) in [5.41, 5.74) is 3.30. The minimum atomic E-state index is -0.334. The third kappa shape index (κ3) is 5.22. The molecule has 0 bridgehead atoms. The van der Waals surface area contributed by atoms with Crippen LogP contribution < -0.4 is 16.0 Å². The molecule has 0 atom stereocenters. The molecule has 4 rings (SSSR count). The average molecular weight is 407 g/mol. The first kappa shape index (κ1) is 19.2. The van der Waals surface area contributed by atoms with Crippen molar-refractivity contribution in [2.45, 2.75) is 13.0 Å². The predicted molar refractivity (Wildman–Crippen MR) is 117 cm³/mol. The Labute approximate surface area is 173 Å². The van der Waals surface area contributed by atoms with Crippen molar-refractivity contribution >= 4 is 40.3 Å². The summed E-state index contributed by atoms with van der Waals surface area (Å²) in [6.07, 6.45) is 0.996. The van der Waals surface area contributed by atoms with E-state index in [1.165, 1.54) is 10.4 Å². The van der Waals surface area contributed by atoms with E-state index < -0.39 is 0 Å². The van der Waals surface area contributed by atoms with Crippen molar-refractivity contribution < 1.29 is 9.59 Å². The van der Waals surface area contributed by atoms with Gasteiger partial charge in [0.1, 0.15) is 0 Å². The number of hydrogen-bond donors (Lipinski definition) is 3. The van der Waals surface area contributed by atoms with Gasteiger partial charge in [-0.2, -0.15) is 0 Å². The molecule has 0 unspecified atom stereocenters. The Bertz CT molecular complexity index is 1000. The monoisotopic (exact) mass is 406 g/mol. The fourth-order valence-corrected chi connectivity index (χ4v) is 4.22. The number of urea groups is 1. The van der Waals surface area contributed by atoms with Crippen molar-refractivity contribution in [2.24, 2.45) is 0 Å². The average Bonchev–Trinajstić information content (AvgIpc) is 3.16.